The van der Waals surface area contributed by atoms with Crippen LogP contribution >= 0.6 is 0 Å². The maximum Gasteiger partial charge on any atom is 0.451 e. The van der Waals surface area contributed by atoms with Crippen LogP contribution in [0, 0.1) is 11.3 Å². The van der Waals surface area contributed by atoms with Gasteiger partial charge in [0.1, 0.15) is 0 Å². The van der Waals surface area contributed by atoms with Gasteiger partial charge in [-0.3, -0.25) is 4.79 Å². The summed E-state index contributed by atoms with van der Waals surface area (Å²) in [5.41, 5.74) is -0.0380. The Bertz CT molecular complexity index is 466. The second-order valence-electron chi connectivity index (χ2n) is 3.15. The van der Waals surface area contributed by atoms with Crippen LogP contribution in [0.4, 0.5) is 13.2 Å². The molecule has 0 fully saturated rings. The topological polar surface area (TPSA) is 75.9 Å². The Morgan fingerprint density at radius 1 is 1.40 bits per heavy atom. The SMILES string of the molecule is CC.CCOC(=O)C(C#N)c1cnc(C(F)(F)F)nc1. The van der Waals surface area contributed by atoms with E-state index in [0.717, 1.165) is 12.4 Å². The van der Waals surface area contributed by atoms with Gasteiger partial charge in [-0.2, -0.15) is 18.4 Å². The molecule has 1 heterocycles. The van der Waals surface area contributed by atoms with Crippen LogP contribution in [0.5, 0.6) is 0 Å². The molecule has 0 aliphatic carbocycles. The third-order valence-electron chi connectivity index (χ3n) is 1.91. The highest BCUT2D eigenvalue weighted by Gasteiger charge is 2.35. The van der Waals surface area contributed by atoms with Gasteiger partial charge in [-0.1, -0.05) is 13.8 Å². The summed E-state index contributed by atoms with van der Waals surface area (Å²) in [6.45, 7) is 5.62. The molecule has 0 amide bonds. The number of rotatable bonds is 3. The van der Waals surface area contributed by atoms with E-state index in [-0.39, 0.29) is 12.2 Å². The molecule has 1 aromatic rings. The quantitative estimate of drug-likeness (QED) is 0.800. The number of nitrogens with zero attached hydrogens (tertiary/aromatic N) is 3. The fourth-order valence-electron chi connectivity index (χ4n) is 1.12. The van der Waals surface area contributed by atoms with Gasteiger partial charge in [0.2, 0.25) is 5.82 Å². The second kappa shape index (κ2) is 8.09. The van der Waals surface area contributed by atoms with Gasteiger partial charge in [0.15, 0.2) is 5.92 Å². The summed E-state index contributed by atoms with van der Waals surface area (Å²) in [7, 11) is 0. The molecule has 0 radical (unpaired) electrons. The highest BCUT2D eigenvalue weighted by molar-refractivity contribution is 5.81. The first kappa shape index (κ1) is 17.8. The van der Waals surface area contributed by atoms with Crippen LogP contribution in [-0.2, 0) is 15.7 Å². The smallest absolute Gasteiger partial charge is 0.451 e. The molecule has 1 aromatic heterocycles. The number of halogens is 3. The number of hydrogen-bond donors (Lipinski definition) is 0. The Hall–Kier alpha value is -2.17. The zero-order chi connectivity index (χ0) is 15.8. The van der Waals surface area contributed by atoms with Crippen molar-refractivity contribution in [2.24, 2.45) is 0 Å². The van der Waals surface area contributed by atoms with Gasteiger partial charge in [0.25, 0.3) is 0 Å². The molecule has 0 saturated heterocycles. The zero-order valence-electron chi connectivity index (χ0n) is 11.2. The fraction of sp³-hybridized carbons (Fsp3) is 0.500. The van der Waals surface area contributed by atoms with Gasteiger partial charge in [-0.05, 0) is 6.92 Å². The Morgan fingerprint density at radius 3 is 2.25 bits per heavy atom. The Labute approximate surface area is 114 Å². The standard InChI is InChI=1S/C10H8F3N3O2.C2H6/c1-2-18-8(17)7(3-14)6-4-15-9(16-5-6)10(11,12)13;1-2/h4-5,7H,2H2,1H3;1-2H3. The Balaban J connectivity index is 0.00000172. The molecule has 20 heavy (non-hydrogen) atoms. The van der Waals surface area contributed by atoms with Crippen molar-refractivity contribution in [2.75, 3.05) is 6.61 Å². The lowest BCUT2D eigenvalue weighted by Crippen LogP contribution is -2.17. The molecule has 0 spiro atoms. The molecule has 0 N–H and O–H groups in total. The number of ether oxygens (including phenoxy) is 1. The van der Waals surface area contributed by atoms with Crippen LogP contribution in [0.25, 0.3) is 0 Å². The maximum absolute atomic E-state index is 12.2. The van der Waals surface area contributed by atoms with Crippen LogP contribution in [0.15, 0.2) is 12.4 Å². The maximum atomic E-state index is 12.2. The predicted octanol–water partition coefficient (Wildman–Crippen LogP) is 2.69. The van der Waals surface area contributed by atoms with Crippen LogP contribution in [-0.4, -0.2) is 22.5 Å². The third-order valence-corrected chi connectivity index (χ3v) is 1.91. The van der Waals surface area contributed by atoms with Crippen LogP contribution < -0.4 is 0 Å². The highest BCUT2D eigenvalue weighted by atomic mass is 19.4. The minimum Gasteiger partial charge on any atom is -0.465 e. The molecular formula is C12H14F3N3O2. The van der Waals surface area contributed by atoms with E-state index in [0.29, 0.717) is 0 Å². The number of aromatic nitrogens is 2. The van der Waals surface area contributed by atoms with E-state index in [1.54, 1.807) is 13.0 Å². The van der Waals surface area contributed by atoms with Crippen molar-refractivity contribution in [3.63, 3.8) is 0 Å². The summed E-state index contributed by atoms with van der Waals surface area (Å²) in [4.78, 5) is 17.5. The number of nitriles is 1. The molecule has 0 saturated carbocycles. The summed E-state index contributed by atoms with van der Waals surface area (Å²) >= 11 is 0. The number of carbonyl (C=O) groups excluding carboxylic acids is 1. The van der Waals surface area contributed by atoms with Gasteiger partial charge in [-0.25, -0.2) is 9.97 Å². The molecule has 110 valence electrons. The normalized spacial score (nSPS) is 11.7. The average molecular weight is 289 g/mol. The van der Waals surface area contributed by atoms with Gasteiger partial charge in [0.05, 0.1) is 12.7 Å². The van der Waals surface area contributed by atoms with Gasteiger partial charge in [-0.15, -0.1) is 0 Å². The van der Waals surface area contributed by atoms with Gasteiger partial charge >= 0.3 is 12.1 Å². The number of alkyl halides is 3. The lowest BCUT2D eigenvalue weighted by molar-refractivity contribution is -0.145. The Kier molecular flexibility index (Phi) is 7.21. The monoisotopic (exact) mass is 289 g/mol. The van der Waals surface area contributed by atoms with Crippen molar-refractivity contribution in [3.8, 4) is 6.07 Å². The third kappa shape index (κ3) is 4.84. The molecule has 8 heteroatoms. The zero-order valence-corrected chi connectivity index (χ0v) is 11.2. The first-order valence-corrected chi connectivity index (χ1v) is 5.85. The summed E-state index contributed by atoms with van der Waals surface area (Å²) < 4.78 is 41.2. The van der Waals surface area contributed by atoms with Crippen molar-refractivity contribution >= 4 is 5.97 Å². The van der Waals surface area contributed by atoms with Crippen LogP contribution in [0.2, 0.25) is 0 Å². The number of esters is 1. The molecule has 1 unspecified atom stereocenters. The molecule has 5 nitrogen and oxygen atoms in total. The molecule has 1 rings (SSSR count). The van der Waals surface area contributed by atoms with Gasteiger partial charge in [0, 0.05) is 18.0 Å². The summed E-state index contributed by atoms with van der Waals surface area (Å²) in [5.74, 6) is -3.50. The van der Waals surface area contributed by atoms with Crippen molar-refractivity contribution in [1.82, 2.24) is 9.97 Å². The molecule has 0 aromatic carbocycles. The van der Waals surface area contributed by atoms with Crippen molar-refractivity contribution < 1.29 is 22.7 Å². The van der Waals surface area contributed by atoms with Crippen LogP contribution in [0.3, 0.4) is 0 Å². The van der Waals surface area contributed by atoms with Gasteiger partial charge < -0.3 is 4.74 Å². The second-order valence-corrected chi connectivity index (χ2v) is 3.15. The van der Waals surface area contributed by atoms with Crippen molar-refractivity contribution in [1.29, 1.82) is 5.26 Å². The lowest BCUT2D eigenvalue weighted by Gasteiger charge is -2.09. The molecule has 1 atom stereocenters. The van der Waals surface area contributed by atoms with E-state index in [2.05, 4.69) is 14.7 Å². The number of carbonyl (C=O) groups is 1. The summed E-state index contributed by atoms with van der Waals surface area (Å²) in [6, 6.07) is 1.63. The first-order valence-electron chi connectivity index (χ1n) is 5.85. The molecule has 0 aliphatic rings. The lowest BCUT2D eigenvalue weighted by atomic mass is 10.1. The highest BCUT2D eigenvalue weighted by Crippen LogP contribution is 2.26. The number of hydrogen-bond acceptors (Lipinski definition) is 5. The van der Waals surface area contributed by atoms with E-state index >= 15 is 0 Å². The van der Waals surface area contributed by atoms with E-state index in [1.165, 1.54) is 0 Å². The van der Waals surface area contributed by atoms with E-state index in [4.69, 9.17) is 5.26 Å². The van der Waals surface area contributed by atoms with E-state index in [1.807, 2.05) is 13.8 Å². The fourth-order valence-corrected chi connectivity index (χ4v) is 1.12. The molecule has 0 bridgehead atoms. The summed E-state index contributed by atoms with van der Waals surface area (Å²) in [6.07, 6.45) is -3.08. The molecular weight excluding hydrogens is 275 g/mol. The minimum absolute atomic E-state index is 0.0380. The molecule has 0 aliphatic heterocycles. The first-order chi connectivity index (χ1) is 9.40. The van der Waals surface area contributed by atoms with Crippen LogP contribution in [0.1, 0.15) is 38.1 Å². The average Bonchev–Trinajstić information content (AvgIpc) is 2.42. The summed E-state index contributed by atoms with van der Waals surface area (Å²) in [5, 5.41) is 8.78. The van der Waals surface area contributed by atoms with Crippen molar-refractivity contribution in [2.45, 2.75) is 32.9 Å². The van der Waals surface area contributed by atoms with E-state index < -0.39 is 23.9 Å². The van der Waals surface area contributed by atoms with E-state index in [9.17, 15) is 18.0 Å². The minimum atomic E-state index is -4.66. The van der Waals surface area contributed by atoms with Crippen molar-refractivity contribution in [3.05, 3.63) is 23.8 Å². The Morgan fingerprint density at radius 2 is 1.90 bits per heavy atom. The predicted molar refractivity (Wildman–Crippen MR) is 63.4 cm³/mol. The largest absolute Gasteiger partial charge is 0.465 e.